The molecule has 1 amide bonds. The van der Waals surface area contributed by atoms with Crippen LogP contribution in [0.25, 0.3) is 0 Å². The lowest BCUT2D eigenvalue weighted by Gasteiger charge is -2.21. The van der Waals surface area contributed by atoms with Gasteiger partial charge in [0.05, 0.1) is 6.61 Å². The molecule has 0 aromatic heterocycles. The molecule has 1 N–H and O–H groups in total. The van der Waals surface area contributed by atoms with Crippen LogP contribution in [0, 0.1) is 6.92 Å². The number of rotatable bonds is 6. The predicted octanol–water partition coefficient (Wildman–Crippen LogP) is 2.23. The van der Waals surface area contributed by atoms with Crippen molar-refractivity contribution in [3.63, 3.8) is 0 Å². The first-order valence-electron chi connectivity index (χ1n) is 7.30. The molecule has 1 saturated heterocycles. The lowest BCUT2D eigenvalue weighted by molar-refractivity contribution is -0.148. The predicted molar refractivity (Wildman–Crippen MR) is 78.3 cm³/mol. The van der Waals surface area contributed by atoms with Gasteiger partial charge in [0.1, 0.15) is 11.8 Å². The summed E-state index contributed by atoms with van der Waals surface area (Å²) in [5, 5.41) is 9.06. The Labute approximate surface area is 124 Å². The summed E-state index contributed by atoms with van der Waals surface area (Å²) in [6.07, 6.45) is 2.24. The number of carbonyl (C=O) groups is 2. The van der Waals surface area contributed by atoms with E-state index in [1.54, 1.807) is 0 Å². The molecule has 1 aromatic carbocycles. The Balaban J connectivity index is 1.75. The molecule has 0 bridgehead atoms. The summed E-state index contributed by atoms with van der Waals surface area (Å²) >= 11 is 0. The highest BCUT2D eigenvalue weighted by molar-refractivity contribution is 5.84. The molecule has 2 rings (SSSR count). The molecule has 0 aliphatic carbocycles. The number of nitrogens with zero attached hydrogens (tertiary/aromatic N) is 1. The van der Waals surface area contributed by atoms with E-state index in [2.05, 4.69) is 0 Å². The third-order valence-corrected chi connectivity index (χ3v) is 3.74. The second-order valence-electron chi connectivity index (χ2n) is 5.30. The van der Waals surface area contributed by atoms with Crippen molar-refractivity contribution in [2.24, 2.45) is 0 Å². The summed E-state index contributed by atoms with van der Waals surface area (Å²) in [6.45, 7) is 2.98. The highest BCUT2D eigenvalue weighted by atomic mass is 16.5. The fourth-order valence-corrected chi connectivity index (χ4v) is 2.59. The lowest BCUT2D eigenvalue weighted by Crippen LogP contribution is -2.40. The number of carboxylic acids is 1. The SMILES string of the molecule is Cc1ccccc1OCCCC(=O)N1CCC[C@@H]1C(=O)O. The van der Waals surface area contributed by atoms with Crippen molar-refractivity contribution in [2.45, 2.75) is 38.6 Å². The smallest absolute Gasteiger partial charge is 0.326 e. The molecule has 5 nitrogen and oxygen atoms in total. The fraction of sp³-hybridized carbons (Fsp3) is 0.500. The zero-order valence-electron chi connectivity index (χ0n) is 12.2. The number of hydrogen-bond donors (Lipinski definition) is 1. The van der Waals surface area contributed by atoms with Crippen molar-refractivity contribution in [3.8, 4) is 5.75 Å². The molecule has 21 heavy (non-hydrogen) atoms. The van der Waals surface area contributed by atoms with Crippen molar-refractivity contribution < 1.29 is 19.4 Å². The molecule has 114 valence electrons. The number of likely N-dealkylation sites (tertiary alicyclic amines) is 1. The Morgan fingerprint density at radius 1 is 1.38 bits per heavy atom. The van der Waals surface area contributed by atoms with Gasteiger partial charge < -0.3 is 14.7 Å². The minimum atomic E-state index is -0.906. The third kappa shape index (κ3) is 3.97. The van der Waals surface area contributed by atoms with Gasteiger partial charge in [-0.2, -0.15) is 0 Å². The van der Waals surface area contributed by atoms with Gasteiger partial charge in [0, 0.05) is 13.0 Å². The Hall–Kier alpha value is -2.04. The third-order valence-electron chi connectivity index (χ3n) is 3.74. The van der Waals surface area contributed by atoms with Crippen molar-refractivity contribution in [1.29, 1.82) is 0 Å². The molecule has 1 aliphatic heterocycles. The number of hydrogen-bond acceptors (Lipinski definition) is 3. The first kappa shape index (κ1) is 15.4. The van der Waals surface area contributed by atoms with Gasteiger partial charge in [-0.05, 0) is 37.8 Å². The zero-order chi connectivity index (χ0) is 15.2. The van der Waals surface area contributed by atoms with Gasteiger partial charge in [-0.3, -0.25) is 4.79 Å². The van der Waals surface area contributed by atoms with E-state index in [1.165, 1.54) is 4.90 Å². The highest BCUT2D eigenvalue weighted by Crippen LogP contribution is 2.19. The van der Waals surface area contributed by atoms with Gasteiger partial charge in [0.25, 0.3) is 0 Å². The maximum absolute atomic E-state index is 12.0. The second kappa shape index (κ2) is 7.11. The van der Waals surface area contributed by atoms with Gasteiger partial charge in [-0.1, -0.05) is 18.2 Å². The van der Waals surface area contributed by atoms with E-state index in [1.807, 2.05) is 31.2 Å². The summed E-state index contributed by atoms with van der Waals surface area (Å²) in [5.41, 5.74) is 1.06. The Morgan fingerprint density at radius 3 is 2.86 bits per heavy atom. The molecular weight excluding hydrogens is 270 g/mol. The Kier molecular flexibility index (Phi) is 5.20. The van der Waals surface area contributed by atoms with E-state index < -0.39 is 12.0 Å². The van der Waals surface area contributed by atoms with Crippen LogP contribution in [0.4, 0.5) is 0 Å². The van der Waals surface area contributed by atoms with Crippen LogP contribution in [0.2, 0.25) is 0 Å². The van der Waals surface area contributed by atoms with Crippen molar-refractivity contribution >= 4 is 11.9 Å². The number of amides is 1. The van der Waals surface area contributed by atoms with Gasteiger partial charge in [-0.25, -0.2) is 4.79 Å². The summed E-state index contributed by atoms with van der Waals surface area (Å²) in [4.78, 5) is 24.6. The molecule has 1 aromatic rings. The Morgan fingerprint density at radius 2 is 2.14 bits per heavy atom. The summed E-state index contributed by atoms with van der Waals surface area (Å²) in [5.74, 6) is -0.167. The second-order valence-corrected chi connectivity index (χ2v) is 5.30. The minimum absolute atomic E-state index is 0.0896. The van der Waals surface area contributed by atoms with Gasteiger partial charge in [0.2, 0.25) is 5.91 Å². The zero-order valence-corrected chi connectivity index (χ0v) is 12.2. The fourth-order valence-electron chi connectivity index (χ4n) is 2.59. The molecule has 5 heteroatoms. The summed E-state index contributed by atoms with van der Waals surface area (Å²) in [6, 6.07) is 7.09. The number of benzene rings is 1. The van der Waals surface area contributed by atoms with Crippen LogP contribution in [-0.4, -0.2) is 41.1 Å². The number of aryl methyl sites for hydroxylation is 1. The molecule has 1 aliphatic rings. The number of ether oxygens (including phenoxy) is 1. The van der Waals surface area contributed by atoms with Crippen LogP contribution in [0.3, 0.4) is 0 Å². The highest BCUT2D eigenvalue weighted by Gasteiger charge is 2.33. The van der Waals surface area contributed by atoms with Gasteiger partial charge in [0.15, 0.2) is 0 Å². The monoisotopic (exact) mass is 291 g/mol. The average Bonchev–Trinajstić information content (AvgIpc) is 2.95. The molecule has 0 radical (unpaired) electrons. The van der Waals surface area contributed by atoms with E-state index in [9.17, 15) is 9.59 Å². The molecule has 0 spiro atoms. The van der Waals surface area contributed by atoms with Crippen molar-refractivity contribution in [2.75, 3.05) is 13.2 Å². The lowest BCUT2D eigenvalue weighted by atomic mass is 10.2. The maximum Gasteiger partial charge on any atom is 0.326 e. The summed E-state index contributed by atoms with van der Waals surface area (Å²) in [7, 11) is 0. The maximum atomic E-state index is 12.0. The molecule has 0 saturated carbocycles. The summed E-state index contributed by atoms with van der Waals surface area (Å²) < 4.78 is 5.64. The first-order valence-corrected chi connectivity index (χ1v) is 7.30. The normalized spacial score (nSPS) is 17.8. The topological polar surface area (TPSA) is 66.8 Å². The van der Waals surface area contributed by atoms with Crippen LogP contribution < -0.4 is 4.74 Å². The van der Waals surface area contributed by atoms with E-state index in [0.717, 1.165) is 17.7 Å². The van der Waals surface area contributed by atoms with E-state index in [0.29, 0.717) is 32.4 Å². The molecular formula is C16H21NO4. The van der Waals surface area contributed by atoms with E-state index >= 15 is 0 Å². The number of aliphatic carboxylic acids is 1. The van der Waals surface area contributed by atoms with Crippen molar-refractivity contribution in [3.05, 3.63) is 29.8 Å². The van der Waals surface area contributed by atoms with Crippen LogP contribution in [-0.2, 0) is 9.59 Å². The first-order chi connectivity index (χ1) is 10.1. The van der Waals surface area contributed by atoms with Gasteiger partial charge >= 0.3 is 5.97 Å². The van der Waals surface area contributed by atoms with Crippen LogP contribution in [0.5, 0.6) is 5.75 Å². The number of para-hydroxylation sites is 1. The van der Waals surface area contributed by atoms with Crippen LogP contribution in [0.1, 0.15) is 31.2 Å². The van der Waals surface area contributed by atoms with E-state index in [-0.39, 0.29) is 5.91 Å². The average molecular weight is 291 g/mol. The largest absolute Gasteiger partial charge is 0.493 e. The van der Waals surface area contributed by atoms with Crippen LogP contribution >= 0.6 is 0 Å². The number of carbonyl (C=O) groups excluding carboxylic acids is 1. The Bertz CT molecular complexity index is 515. The molecule has 0 unspecified atom stereocenters. The molecule has 1 atom stereocenters. The quantitative estimate of drug-likeness (QED) is 0.816. The molecule has 1 fully saturated rings. The molecule has 1 heterocycles. The standard InChI is InChI=1S/C16H21NO4/c1-12-6-2-3-8-14(12)21-11-5-9-15(18)17-10-4-7-13(17)16(19)20/h2-3,6,8,13H,4-5,7,9-11H2,1H3,(H,19,20)/t13-/m1/s1. The van der Waals surface area contributed by atoms with Gasteiger partial charge in [-0.15, -0.1) is 0 Å². The van der Waals surface area contributed by atoms with Crippen LogP contribution in [0.15, 0.2) is 24.3 Å². The number of carboxylic acid groups (broad SMARTS) is 1. The minimum Gasteiger partial charge on any atom is -0.493 e. The van der Waals surface area contributed by atoms with E-state index in [4.69, 9.17) is 9.84 Å². The van der Waals surface area contributed by atoms with Crippen molar-refractivity contribution in [1.82, 2.24) is 4.90 Å².